The molecule has 1 heterocycles. The van der Waals surface area contributed by atoms with Crippen molar-refractivity contribution in [3.63, 3.8) is 0 Å². The molecule has 1 aliphatic heterocycles. The van der Waals surface area contributed by atoms with E-state index in [9.17, 15) is 9.67 Å². The maximum Gasteiger partial charge on any atom is 0.262 e. The molecule has 1 fully saturated rings. The summed E-state index contributed by atoms with van der Waals surface area (Å²) in [6.07, 6.45) is -0.0317. The van der Waals surface area contributed by atoms with Crippen LogP contribution < -0.4 is 5.30 Å². The zero-order valence-corrected chi connectivity index (χ0v) is 15.5. The van der Waals surface area contributed by atoms with Crippen LogP contribution >= 0.6 is 7.37 Å². The van der Waals surface area contributed by atoms with Crippen molar-refractivity contribution in [3.8, 4) is 0 Å². The first kappa shape index (κ1) is 18.3. The predicted molar refractivity (Wildman–Crippen MR) is 99.0 cm³/mol. The first-order valence-electron chi connectivity index (χ1n) is 8.73. The molecule has 134 valence electrons. The van der Waals surface area contributed by atoms with E-state index in [1.54, 1.807) is 12.1 Å². The topological polar surface area (TPSA) is 55.8 Å². The lowest BCUT2D eigenvalue weighted by Crippen LogP contribution is -2.48. The molecule has 0 aliphatic carbocycles. The molecule has 0 amide bonds. The van der Waals surface area contributed by atoms with Gasteiger partial charge in [0.15, 0.2) is 5.85 Å². The van der Waals surface area contributed by atoms with Crippen LogP contribution in [0.5, 0.6) is 0 Å². The highest BCUT2D eigenvalue weighted by Gasteiger charge is 2.51. The van der Waals surface area contributed by atoms with E-state index < -0.39 is 19.3 Å². The van der Waals surface area contributed by atoms with E-state index in [2.05, 4.69) is 0 Å². The summed E-state index contributed by atoms with van der Waals surface area (Å²) in [6.45, 7) is 4.36. The van der Waals surface area contributed by atoms with Gasteiger partial charge in [0, 0.05) is 11.2 Å². The van der Waals surface area contributed by atoms with Gasteiger partial charge in [0.1, 0.15) is 0 Å². The highest BCUT2D eigenvalue weighted by atomic mass is 31.2. The van der Waals surface area contributed by atoms with E-state index in [-0.39, 0.29) is 12.0 Å². The van der Waals surface area contributed by atoms with Gasteiger partial charge in [-0.15, -0.1) is 0 Å². The summed E-state index contributed by atoms with van der Waals surface area (Å²) in [7, 11) is -3.41. The molecule has 25 heavy (non-hydrogen) atoms. The van der Waals surface area contributed by atoms with Gasteiger partial charge in [0.25, 0.3) is 7.37 Å². The maximum absolute atomic E-state index is 13.6. The molecule has 2 aromatic rings. The minimum absolute atomic E-state index is 0.0468. The molecule has 0 aromatic heterocycles. The Morgan fingerprint density at radius 2 is 1.68 bits per heavy atom. The Balaban J connectivity index is 1.86. The molecule has 1 aliphatic rings. The van der Waals surface area contributed by atoms with Gasteiger partial charge in [-0.05, 0) is 24.1 Å². The fourth-order valence-electron chi connectivity index (χ4n) is 3.34. The van der Waals surface area contributed by atoms with Crippen LogP contribution in [0.25, 0.3) is 0 Å². The fraction of sp³-hybridized carbons (Fsp3) is 0.400. The van der Waals surface area contributed by atoms with Crippen molar-refractivity contribution in [1.29, 1.82) is 0 Å². The highest BCUT2D eigenvalue weighted by Crippen LogP contribution is 2.58. The average Bonchev–Trinajstić information content (AvgIpc) is 2.66. The zero-order chi connectivity index (χ0) is 17.9. The van der Waals surface area contributed by atoms with Crippen LogP contribution in [0.1, 0.15) is 25.8 Å². The lowest BCUT2D eigenvalue weighted by atomic mass is 9.96. The third-order valence-corrected chi connectivity index (χ3v) is 7.43. The molecule has 1 saturated heterocycles. The number of hydrogen-bond donors (Lipinski definition) is 1. The van der Waals surface area contributed by atoms with Gasteiger partial charge in [-0.1, -0.05) is 62.4 Å². The predicted octanol–water partition coefficient (Wildman–Crippen LogP) is 3.94. The van der Waals surface area contributed by atoms with E-state index >= 15 is 0 Å². The Morgan fingerprint density at radius 3 is 2.28 bits per heavy atom. The Kier molecular flexibility index (Phi) is 5.75. The zero-order valence-electron chi connectivity index (χ0n) is 14.6. The number of aliphatic hydroxyl groups excluding tert-OH is 1. The van der Waals surface area contributed by atoms with E-state index in [1.165, 1.54) is 0 Å². The van der Waals surface area contributed by atoms with Gasteiger partial charge in [0.2, 0.25) is 0 Å². The van der Waals surface area contributed by atoms with Crippen LogP contribution in [0.15, 0.2) is 60.7 Å². The highest BCUT2D eigenvalue weighted by molar-refractivity contribution is 7.67. The molecule has 0 bridgehead atoms. The molecule has 4 nitrogen and oxygen atoms in total. The molecular weight excluding hydrogens is 335 g/mol. The molecule has 0 radical (unpaired) electrons. The normalized spacial score (nSPS) is 32.4. The second-order valence-corrected chi connectivity index (χ2v) is 8.97. The summed E-state index contributed by atoms with van der Waals surface area (Å²) in [5.74, 6) is -1.22. The SMILES string of the molecule is CC[C@H]1O[P@](=O)(c2ccccc2)[C@@H](O)[C@@H](OCc2ccccc2)[C@@H]1C. The van der Waals surface area contributed by atoms with Gasteiger partial charge >= 0.3 is 0 Å². The van der Waals surface area contributed by atoms with Crippen molar-refractivity contribution in [1.82, 2.24) is 0 Å². The van der Waals surface area contributed by atoms with Crippen LogP contribution in [-0.2, 0) is 20.4 Å². The Hall–Kier alpha value is -1.45. The molecule has 0 unspecified atom stereocenters. The molecule has 1 N–H and O–H groups in total. The molecular formula is C20H25O4P. The van der Waals surface area contributed by atoms with Crippen molar-refractivity contribution in [2.75, 3.05) is 0 Å². The van der Waals surface area contributed by atoms with E-state index in [0.717, 1.165) is 12.0 Å². The van der Waals surface area contributed by atoms with Crippen LogP contribution in [0, 0.1) is 5.92 Å². The minimum atomic E-state index is -3.41. The largest absolute Gasteiger partial charge is 0.380 e. The Bertz CT molecular complexity index is 719. The van der Waals surface area contributed by atoms with Gasteiger partial charge in [-0.3, -0.25) is 4.57 Å². The Labute approximate surface area is 149 Å². The Morgan fingerprint density at radius 1 is 1.08 bits per heavy atom. The summed E-state index contributed by atoms with van der Waals surface area (Å²) in [5, 5.41) is 11.4. The first-order chi connectivity index (χ1) is 12.1. The number of aliphatic hydroxyl groups is 1. The third-order valence-electron chi connectivity index (χ3n) is 4.84. The van der Waals surface area contributed by atoms with Crippen molar-refractivity contribution in [3.05, 3.63) is 66.2 Å². The number of benzene rings is 2. The van der Waals surface area contributed by atoms with Crippen molar-refractivity contribution >= 4 is 12.7 Å². The van der Waals surface area contributed by atoms with Gasteiger partial charge in [-0.25, -0.2) is 0 Å². The molecule has 3 rings (SSSR count). The van der Waals surface area contributed by atoms with Crippen molar-refractivity contribution < 1.29 is 18.9 Å². The summed E-state index contributed by atoms with van der Waals surface area (Å²) >= 11 is 0. The lowest BCUT2D eigenvalue weighted by Gasteiger charge is -2.43. The minimum Gasteiger partial charge on any atom is -0.380 e. The molecule has 5 atom stereocenters. The van der Waals surface area contributed by atoms with Crippen LogP contribution in [0.4, 0.5) is 0 Å². The molecule has 0 saturated carbocycles. The standard InChI is InChI=1S/C20H25O4P/c1-3-18-15(2)19(23-14-16-10-6-4-7-11-16)20(21)25(22,24-18)17-12-8-5-9-13-17/h4-13,15,18-21H,3,14H2,1-2H3/t15-,18-,19+,20-,25-/m1/s1. The summed E-state index contributed by atoms with van der Waals surface area (Å²) in [6, 6.07) is 18.8. The number of hydrogen-bond acceptors (Lipinski definition) is 4. The lowest BCUT2D eigenvalue weighted by molar-refractivity contribution is -0.0937. The molecule has 2 aromatic carbocycles. The second kappa shape index (κ2) is 7.84. The van der Waals surface area contributed by atoms with Gasteiger partial charge in [0.05, 0.1) is 18.8 Å². The van der Waals surface area contributed by atoms with E-state index in [1.807, 2.05) is 62.4 Å². The smallest absolute Gasteiger partial charge is 0.262 e. The van der Waals surface area contributed by atoms with Gasteiger partial charge < -0.3 is 14.4 Å². The van der Waals surface area contributed by atoms with Crippen molar-refractivity contribution in [2.45, 2.75) is 44.9 Å². The number of ether oxygens (including phenoxy) is 1. The van der Waals surface area contributed by atoms with Crippen molar-refractivity contribution in [2.24, 2.45) is 5.92 Å². The maximum atomic E-state index is 13.6. The monoisotopic (exact) mass is 360 g/mol. The quantitative estimate of drug-likeness (QED) is 0.821. The van der Waals surface area contributed by atoms with Crippen LogP contribution in [0.3, 0.4) is 0 Å². The summed E-state index contributed by atoms with van der Waals surface area (Å²) in [5.41, 5.74) is 1.02. The fourth-order valence-corrected chi connectivity index (χ4v) is 5.96. The van der Waals surface area contributed by atoms with E-state index in [4.69, 9.17) is 9.26 Å². The third kappa shape index (κ3) is 3.73. The summed E-state index contributed by atoms with van der Waals surface area (Å²) < 4.78 is 25.5. The summed E-state index contributed by atoms with van der Waals surface area (Å²) in [4.78, 5) is 0. The second-order valence-electron chi connectivity index (χ2n) is 6.52. The molecule has 0 spiro atoms. The van der Waals surface area contributed by atoms with E-state index in [0.29, 0.717) is 11.9 Å². The average molecular weight is 360 g/mol. The van der Waals surface area contributed by atoms with Crippen LogP contribution in [0.2, 0.25) is 0 Å². The van der Waals surface area contributed by atoms with Crippen LogP contribution in [-0.4, -0.2) is 23.2 Å². The number of rotatable bonds is 5. The molecule has 5 heteroatoms. The first-order valence-corrected chi connectivity index (χ1v) is 10.4. The van der Waals surface area contributed by atoms with Gasteiger partial charge in [-0.2, -0.15) is 0 Å².